The van der Waals surface area contributed by atoms with Gasteiger partial charge in [-0.15, -0.1) is 0 Å². The van der Waals surface area contributed by atoms with Crippen LogP contribution in [-0.2, 0) is 19.6 Å². The van der Waals surface area contributed by atoms with E-state index < -0.39 is 10.0 Å². The lowest BCUT2D eigenvalue weighted by Crippen LogP contribution is -2.45. The molecule has 1 aromatic rings. The molecule has 0 aromatic heterocycles. The van der Waals surface area contributed by atoms with E-state index in [2.05, 4.69) is 5.32 Å². The van der Waals surface area contributed by atoms with Crippen molar-refractivity contribution in [1.29, 1.82) is 0 Å². The molecule has 0 radical (unpaired) electrons. The third kappa shape index (κ3) is 4.66. The van der Waals surface area contributed by atoms with Gasteiger partial charge in [0.1, 0.15) is 16.4 Å². The molecule has 26 heavy (non-hydrogen) atoms. The molecule has 8 nitrogen and oxygen atoms in total. The number of nitrogens with zero attached hydrogens (tertiary/aromatic N) is 1. The number of carbonyl (C=O) groups is 1. The summed E-state index contributed by atoms with van der Waals surface area (Å²) in [4.78, 5) is 12.3. The molecule has 1 N–H and O–H groups in total. The van der Waals surface area contributed by atoms with E-state index in [0.29, 0.717) is 38.3 Å². The zero-order valence-corrected chi connectivity index (χ0v) is 16.2. The van der Waals surface area contributed by atoms with Crippen molar-refractivity contribution in [2.45, 2.75) is 17.7 Å². The molecule has 0 saturated carbocycles. The zero-order valence-electron chi connectivity index (χ0n) is 15.4. The average Bonchev–Trinajstić information content (AvgIpc) is 2.67. The van der Waals surface area contributed by atoms with Crippen LogP contribution in [0.1, 0.15) is 12.8 Å². The predicted molar refractivity (Wildman–Crippen MR) is 95.9 cm³/mol. The number of hydrogen-bond donors (Lipinski definition) is 1. The first-order chi connectivity index (χ1) is 12.4. The first-order valence-electron chi connectivity index (χ1n) is 8.43. The van der Waals surface area contributed by atoms with Gasteiger partial charge in [-0.2, -0.15) is 4.31 Å². The van der Waals surface area contributed by atoms with Crippen LogP contribution >= 0.6 is 0 Å². The van der Waals surface area contributed by atoms with Gasteiger partial charge in [0.15, 0.2) is 0 Å². The van der Waals surface area contributed by atoms with Crippen molar-refractivity contribution < 1.29 is 27.4 Å². The van der Waals surface area contributed by atoms with E-state index in [0.717, 1.165) is 0 Å². The number of sulfonamides is 1. The first kappa shape index (κ1) is 20.5. The molecule has 1 unspecified atom stereocenters. The van der Waals surface area contributed by atoms with Gasteiger partial charge in [0.05, 0.1) is 26.7 Å². The molecule has 0 spiro atoms. The Morgan fingerprint density at radius 2 is 2.04 bits per heavy atom. The molecule has 1 saturated heterocycles. The standard InChI is InChI=1S/C17H26N2O6S/c1-23-10-8-18-17(20)13-5-4-9-19(12-13)26(21,22)16-11-14(24-2)6-7-15(16)25-3/h6-7,11,13H,4-5,8-10,12H2,1-3H3,(H,18,20). The lowest BCUT2D eigenvalue weighted by molar-refractivity contribution is -0.126. The van der Waals surface area contributed by atoms with Crippen LogP contribution in [0.5, 0.6) is 11.5 Å². The van der Waals surface area contributed by atoms with Crippen LogP contribution < -0.4 is 14.8 Å². The molecule has 9 heteroatoms. The molecular weight excluding hydrogens is 360 g/mol. The Bertz CT molecular complexity index is 722. The zero-order chi connectivity index (χ0) is 19.2. The molecule has 1 heterocycles. The van der Waals surface area contributed by atoms with Crippen LogP contribution in [0.4, 0.5) is 0 Å². The number of carbonyl (C=O) groups excluding carboxylic acids is 1. The molecule has 146 valence electrons. The highest BCUT2D eigenvalue weighted by Crippen LogP contribution is 2.32. The third-order valence-electron chi connectivity index (χ3n) is 4.35. The van der Waals surface area contributed by atoms with Gasteiger partial charge in [-0.1, -0.05) is 0 Å². The molecule has 1 atom stereocenters. The number of rotatable bonds is 8. The molecule has 1 aliphatic heterocycles. The minimum Gasteiger partial charge on any atom is -0.497 e. The SMILES string of the molecule is COCCNC(=O)C1CCCN(S(=O)(=O)c2cc(OC)ccc2OC)C1. The number of methoxy groups -OCH3 is 3. The fourth-order valence-corrected chi connectivity index (χ4v) is 4.61. The topological polar surface area (TPSA) is 94.2 Å². The fourth-order valence-electron chi connectivity index (χ4n) is 2.92. The van der Waals surface area contributed by atoms with Crippen LogP contribution in [0.2, 0.25) is 0 Å². The normalized spacial score (nSPS) is 18.3. The summed E-state index contributed by atoms with van der Waals surface area (Å²) in [6.07, 6.45) is 1.27. The Hall–Kier alpha value is -1.84. The van der Waals surface area contributed by atoms with Crippen LogP contribution in [0.15, 0.2) is 23.1 Å². The fraction of sp³-hybridized carbons (Fsp3) is 0.588. The maximum absolute atomic E-state index is 13.1. The van der Waals surface area contributed by atoms with Crippen molar-refractivity contribution in [3.05, 3.63) is 18.2 Å². The summed E-state index contributed by atoms with van der Waals surface area (Å²) >= 11 is 0. The minimum atomic E-state index is -3.81. The average molecular weight is 386 g/mol. The van der Waals surface area contributed by atoms with Gasteiger partial charge in [0.25, 0.3) is 0 Å². The Labute approximate surface area is 154 Å². The molecule has 1 amide bonds. The van der Waals surface area contributed by atoms with Gasteiger partial charge in [-0.3, -0.25) is 4.79 Å². The Morgan fingerprint density at radius 3 is 2.69 bits per heavy atom. The molecule has 1 fully saturated rings. The quantitative estimate of drug-likeness (QED) is 0.666. The van der Waals surface area contributed by atoms with Gasteiger partial charge in [0.2, 0.25) is 15.9 Å². The number of benzene rings is 1. The molecular formula is C17H26N2O6S. The van der Waals surface area contributed by atoms with E-state index in [1.807, 2.05) is 0 Å². The van der Waals surface area contributed by atoms with Crippen molar-refractivity contribution in [3.8, 4) is 11.5 Å². The van der Waals surface area contributed by atoms with Crippen molar-refractivity contribution in [2.24, 2.45) is 5.92 Å². The number of amides is 1. The summed E-state index contributed by atoms with van der Waals surface area (Å²) in [6, 6.07) is 4.64. The summed E-state index contributed by atoms with van der Waals surface area (Å²) in [5.74, 6) is 0.138. The lowest BCUT2D eigenvalue weighted by atomic mass is 9.99. The van der Waals surface area contributed by atoms with Gasteiger partial charge in [-0.25, -0.2) is 8.42 Å². The largest absolute Gasteiger partial charge is 0.497 e. The summed E-state index contributed by atoms with van der Waals surface area (Å²) in [5.41, 5.74) is 0. The highest BCUT2D eigenvalue weighted by atomic mass is 32.2. The monoisotopic (exact) mass is 386 g/mol. The van der Waals surface area contributed by atoms with Gasteiger partial charge >= 0.3 is 0 Å². The van der Waals surface area contributed by atoms with E-state index in [4.69, 9.17) is 14.2 Å². The van der Waals surface area contributed by atoms with Crippen LogP contribution in [0.25, 0.3) is 0 Å². The van der Waals surface area contributed by atoms with Gasteiger partial charge < -0.3 is 19.5 Å². The van der Waals surface area contributed by atoms with Crippen molar-refractivity contribution in [2.75, 3.05) is 47.6 Å². The van der Waals surface area contributed by atoms with Gasteiger partial charge in [0, 0.05) is 32.8 Å². The summed E-state index contributed by atoms with van der Waals surface area (Å²) < 4.78 is 42.8. The van der Waals surface area contributed by atoms with E-state index >= 15 is 0 Å². The Morgan fingerprint density at radius 1 is 1.27 bits per heavy atom. The van der Waals surface area contributed by atoms with E-state index in [-0.39, 0.29) is 29.0 Å². The minimum absolute atomic E-state index is 0.0415. The third-order valence-corrected chi connectivity index (χ3v) is 6.24. The van der Waals surface area contributed by atoms with Crippen molar-refractivity contribution in [3.63, 3.8) is 0 Å². The van der Waals surface area contributed by atoms with E-state index in [1.54, 1.807) is 19.2 Å². The van der Waals surface area contributed by atoms with Crippen molar-refractivity contribution >= 4 is 15.9 Å². The summed E-state index contributed by atoms with van der Waals surface area (Å²) in [7, 11) is 0.644. The molecule has 0 aliphatic carbocycles. The van der Waals surface area contributed by atoms with Crippen LogP contribution in [-0.4, -0.2) is 66.2 Å². The molecule has 2 rings (SSSR count). The van der Waals surface area contributed by atoms with E-state index in [9.17, 15) is 13.2 Å². The number of nitrogens with one attached hydrogen (secondary N) is 1. The second-order valence-electron chi connectivity index (χ2n) is 6.00. The summed E-state index contributed by atoms with van der Waals surface area (Å²) in [6.45, 7) is 1.33. The highest BCUT2D eigenvalue weighted by molar-refractivity contribution is 7.89. The lowest BCUT2D eigenvalue weighted by Gasteiger charge is -2.31. The number of hydrogen-bond acceptors (Lipinski definition) is 6. The van der Waals surface area contributed by atoms with Crippen LogP contribution in [0, 0.1) is 5.92 Å². The van der Waals surface area contributed by atoms with Crippen molar-refractivity contribution in [1.82, 2.24) is 9.62 Å². The van der Waals surface area contributed by atoms with Crippen LogP contribution in [0.3, 0.4) is 0 Å². The Kier molecular flexibility index (Phi) is 7.24. The molecule has 0 bridgehead atoms. The number of piperidine rings is 1. The molecule has 1 aromatic carbocycles. The Balaban J connectivity index is 2.19. The maximum Gasteiger partial charge on any atom is 0.246 e. The second kappa shape index (κ2) is 9.20. The van der Waals surface area contributed by atoms with E-state index in [1.165, 1.54) is 24.6 Å². The smallest absolute Gasteiger partial charge is 0.246 e. The summed E-state index contributed by atoms with van der Waals surface area (Å²) in [5, 5.41) is 2.78. The second-order valence-corrected chi connectivity index (χ2v) is 7.91. The molecule has 1 aliphatic rings. The van der Waals surface area contributed by atoms with Gasteiger partial charge in [-0.05, 0) is 25.0 Å². The predicted octanol–water partition coefficient (Wildman–Crippen LogP) is 0.867. The number of ether oxygens (including phenoxy) is 3. The first-order valence-corrected chi connectivity index (χ1v) is 9.87. The maximum atomic E-state index is 13.1. The highest BCUT2D eigenvalue weighted by Gasteiger charge is 2.35.